The molecule has 0 saturated carbocycles. The molecule has 0 bridgehead atoms. The molecule has 0 atom stereocenters. The second-order valence-electron chi connectivity index (χ2n) is 4.66. The van der Waals surface area contributed by atoms with E-state index < -0.39 is 0 Å². The van der Waals surface area contributed by atoms with Gasteiger partial charge < -0.3 is 10.2 Å². The van der Waals surface area contributed by atoms with Gasteiger partial charge >= 0.3 is 0 Å². The van der Waals surface area contributed by atoms with Crippen LogP contribution in [0.5, 0.6) is 0 Å². The Morgan fingerprint density at radius 1 is 1.22 bits per heavy atom. The highest BCUT2D eigenvalue weighted by Gasteiger charge is 2.14. The third kappa shape index (κ3) is 4.57. The van der Waals surface area contributed by atoms with Gasteiger partial charge in [0.15, 0.2) is 0 Å². The molecule has 0 radical (unpaired) electrons. The number of carbonyl (C=O) groups is 2. The highest BCUT2D eigenvalue weighted by Crippen LogP contribution is 2.11. The van der Waals surface area contributed by atoms with Crippen LogP contribution in [0.3, 0.4) is 0 Å². The van der Waals surface area contributed by atoms with Crippen molar-refractivity contribution >= 4 is 17.5 Å². The number of carbonyl (C=O) groups excluding carboxylic acids is 2. The summed E-state index contributed by atoms with van der Waals surface area (Å²) in [6, 6.07) is 9.28. The van der Waals surface area contributed by atoms with Gasteiger partial charge in [-0.1, -0.05) is 32.0 Å². The van der Waals surface area contributed by atoms with Gasteiger partial charge in [0.25, 0.3) is 0 Å². The van der Waals surface area contributed by atoms with Crippen molar-refractivity contribution in [2.75, 3.05) is 18.5 Å². The minimum Gasteiger partial charge on any atom is -0.355 e. The van der Waals surface area contributed by atoms with E-state index in [4.69, 9.17) is 0 Å². The molecule has 18 heavy (non-hydrogen) atoms. The zero-order chi connectivity index (χ0) is 13.5. The van der Waals surface area contributed by atoms with E-state index in [1.165, 1.54) is 4.90 Å². The zero-order valence-corrected chi connectivity index (χ0v) is 11.1. The Hall–Kier alpha value is -1.84. The standard InChI is InChI=1S/C14H20N2O2/c1-11(2)10-15-13(17)9-14(18)16(3)12-7-5-4-6-8-12/h4-8,11H,9-10H2,1-3H3,(H,15,17). The van der Waals surface area contributed by atoms with E-state index in [1.54, 1.807) is 7.05 Å². The molecule has 2 amide bonds. The Labute approximate surface area is 108 Å². The Morgan fingerprint density at radius 2 is 1.83 bits per heavy atom. The van der Waals surface area contributed by atoms with E-state index in [9.17, 15) is 9.59 Å². The molecule has 0 spiro atoms. The van der Waals surface area contributed by atoms with E-state index in [0.29, 0.717) is 12.5 Å². The minimum absolute atomic E-state index is 0.113. The molecule has 0 unspecified atom stereocenters. The van der Waals surface area contributed by atoms with E-state index in [-0.39, 0.29) is 18.2 Å². The molecule has 0 aliphatic heterocycles. The fourth-order valence-corrected chi connectivity index (χ4v) is 1.43. The van der Waals surface area contributed by atoms with Crippen molar-refractivity contribution in [2.24, 2.45) is 5.92 Å². The SMILES string of the molecule is CC(C)CNC(=O)CC(=O)N(C)c1ccccc1. The normalized spacial score (nSPS) is 10.2. The summed E-state index contributed by atoms with van der Waals surface area (Å²) in [6.45, 7) is 4.62. The molecule has 4 nitrogen and oxygen atoms in total. The van der Waals surface area contributed by atoms with Gasteiger partial charge in [-0.15, -0.1) is 0 Å². The van der Waals surface area contributed by atoms with Gasteiger partial charge in [-0.3, -0.25) is 9.59 Å². The molecule has 0 aromatic heterocycles. The summed E-state index contributed by atoms with van der Waals surface area (Å²) in [5, 5.41) is 2.73. The molecular formula is C14H20N2O2. The van der Waals surface area contributed by atoms with E-state index in [0.717, 1.165) is 5.69 Å². The lowest BCUT2D eigenvalue weighted by molar-refractivity contribution is -0.127. The molecule has 1 aromatic carbocycles. The van der Waals surface area contributed by atoms with Crippen molar-refractivity contribution in [3.05, 3.63) is 30.3 Å². The van der Waals surface area contributed by atoms with Crippen molar-refractivity contribution in [2.45, 2.75) is 20.3 Å². The van der Waals surface area contributed by atoms with Crippen LogP contribution < -0.4 is 10.2 Å². The van der Waals surface area contributed by atoms with Gasteiger partial charge in [-0.25, -0.2) is 0 Å². The molecule has 1 N–H and O–H groups in total. The van der Waals surface area contributed by atoms with Crippen LogP contribution in [0.4, 0.5) is 5.69 Å². The molecule has 0 aliphatic carbocycles. The fourth-order valence-electron chi connectivity index (χ4n) is 1.43. The van der Waals surface area contributed by atoms with Gasteiger partial charge in [0.05, 0.1) is 0 Å². The first-order valence-corrected chi connectivity index (χ1v) is 6.09. The average Bonchev–Trinajstić information content (AvgIpc) is 2.36. The predicted octanol–water partition coefficient (Wildman–Crippen LogP) is 1.81. The molecule has 1 aromatic rings. The predicted molar refractivity (Wildman–Crippen MR) is 72.3 cm³/mol. The van der Waals surface area contributed by atoms with E-state index >= 15 is 0 Å². The summed E-state index contributed by atoms with van der Waals surface area (Å²) < 4.78 is 0. The lowest BCUT2D eigenvalue weighted by atomic mass is 10.2. The summed E-state index contributed by atoms with van der Waals surface area (Å²) in [5.41, 5.74) is 0.791. The highest BCUT2D eigenvalue weighted by molar-refractivity contribution is 6.04. The van der Waals surface area contributed by atoms with Crippen molar-refractivity contribution in [3.8, 4) is 0 Å². The third-order valence-electron chi connectivity index (χ3n) is 2.54. The smallest absolute Gasteiger partial charge is 0.236 e. The van der Waals surface area contributed by atoms with Gasteiger partial charge in [0.2, 0.25) is 11.8 Å². The van der Waals surface area contributed by atoms with Crippen LogP contribution >= 0.6 is 0 Å². The first-order chi connectivity index (χ1) is 8.50. The first kappa shape index (κ1) is 14.2. The van der Waals surface area contributed by atoms with Crippen molar-refractivity contribution in [1.82, 2.24) is 5.32 Å². The summed E-state index contributed by atoms with van der Waals surface area (Å²) >= 11 is 0. The fraction of sp³-hybridized carbons (Fsp3) is 0.429. The van der Waals surface area contributed by atoms with Crippen LogP contribution in [-0.2, 0) is 9.59 Å². The quantitative estimate of drug-likeness (QED) is 0.808. The average molecular weight is 248 g/mol. The monoisotopic (exact) mass is 248 g/mol. The largest absolute Gasteiger partial charge is 0.355 e. The molecule has 98 valence electrons. The van der Waals surface area contributed by atoms with E-state index in [1.807, 2.05) is 44.2 Å². The van der Waals surface area contributed by atoms with Crippen LogP contribution in [-0.4, -0.2) is 25.4 Å². The molecule has 0 heterocycles. The summed E-state index contributed by atoms with van der Waals surface area (Å²) in [7, 11) is 1.67. The molecule has 1 rings (SSSR count). The molecule has 0 aliphatic rings. The summed E-state index contributed by atoms with van der Waals surface area (Å²) in [6.07, 6.45) is -0.113. The maximum absolute atomic E-state index is 11.9. The first-order valence-electron chi connectivity index (χ1n) is 6.09. The Morgan fingerprint density at radius 3 is 2.39 bits per heavy atom. The summed E-state index contributed by atoms with van der Waals surface area (Å²) in [5.74, 6) is -0.0464. The van der Waals surface area contributed by atoms with Crippen LogP contribution in [0.15, 0.2) is 30.3 Å². The number of hydrogen-bond acceptors (Lipinski definition) is 2. The number of anilines is 1. The number of benzene rings is 1. The number of hydrogen-bond donors (Lipinski definition) is 1. The van der Waals surface area contributed by atoms with Crippen molar-refractivity contribution < 1.29 is 9.59 Å². The summed E-state index contributed by atoms with van der Waals surface area (Å²) in [4.78, 5) is 24.9. The third-order valence-corrected chi connectivity index (χ3v) is 2.54. The van der Waals surface area contributed by atoms with Crippen LogP contribution in [0, 0.1) is 5.92 Å². The maximum Gasteiger partial charge on any atom is 0.236 e. The van der Waals surface area contributed by atoms with Crippen molar-refractivity contribution in [3.63, 3.8) is 0 Å². The Balaban J connectivity index is 2.48. The maximum atomic E-state index is 11.9. The Bertz CT molecular complexity index is 402. The second-order valence-corrected chi connectivity index (χ2v) is 4.66. The van der Waals surface area contributed by atoms with Crippen LogP contribution in [0.25, 0.3) is 0 Å². The van der Waals surface area contributed by atoms with Crippen molar-refractivity contribution in [1.29, 1.82) is 0 Å². The highest BCUT2D eigenvalue weighted by atomic mass is 16.2. The second kappa shape index (κ2) is 6.79. The Kier molecular flexibility index (Phi) is 5.36. The molecule has 4 heteroatoms. The van der Waals surface area contributed by atoms with Gasteiger partial charge in [-0.05, 0) is 18.1 Å². The minimum atomic E-state index is -0.225. The molecular weight excluding hydrogens is 228 g/mol. The number of para-hydroxylation sites is 1. The number of nitrogens with zero attached hydrogens (tertiary/aromatic N) is 1. The molecule has 0 fully saturated rings. The van der Waals surface area contributed by atoms with Gasteiger partial charge in [0.1, 0.15) is 6.42 Å². The number of rotatable bonds is 5. The van der Waals surface area contributed by atoms with Gasteiger partial charge in [-0.2, -0.15) is 0 Å². The van der Waals surface area contributed by atoms with Crippen LogP contribution in [0.2, 0.25) is 0 Å². The lowest BCUT2D eigenvalue weighted by Gasteiger charge is -2.17. The number of amides is 2. The van der Waals surface area contributed by atoms with E-state index in [2.05, 4.69) is 5.32 Å². The lowest BCUT2D eigenvalue weighted by Crippen LogP contribution is -2.34. The van der Waals surface area contributed by atoms with Gasteiger partial charge in [0, 0.05) is 19.3 Å². The topological polar surface area (TPSA) is 49.4 Å². The van der Waals surface area contributed by atoms with Crippen LogP contribution in [0.1, 0.15) is 20.3 Å². The zero-order valence-electron chi connectivity index (χ0n) is 11.1. The number of nitrogens with one attached hydrogen (secondary N) is 1. The molecule has 0 saturated heterocycles.